The zero-order chi connectivity index (χ0) is 37.9. The van der Waals surface area contributed by atoms with Gasteiger partial charge in [-0.25, -0.2) is 9.59 Å². The van der Waals surface area contributed by atoms with Crippen LogP contribution in [0.4, 0.5) is 11.4 Å². The Morgan fingerprint density at radius 2 is 1.31 bits per heavy atom. The summed E-state index contributed by atoms with van der Waals surface area (Å²) in [7, 11) is 6.25. The average molecular weight is 717 g/mol. The molecule has 0 heterocycles. The van der Waals surface area contributed by atoms with Crippen molar-refractivity contribution in [2.75, 3.05) is 59.4 Å². The normalized spacial score (nSPS) is 15.0. The molecule has 52 heavy (non-hydrogen) atoms. The van der Waals surface area contributed by atoms with Crippen LogP contribution in [0.3, 0.4) is 0 Å². The maximum Gasteiger partial charge on any atom is 0.330 e. The van der Waals surface area contributed by atoms with Crippen LogP contribution in [-0.2, 0) is 23.9 Å². The van der Waals surface area contributed by atoms with Crippen LogP contribution in [0.5, 0.6) is 23.0 Å². The van der Waals surface area contributed by atoms with E-state index in [1.165, 1.54) is 34.3 Å². The lowest BCUT2D eigenvalue weighted by Gasteiger charge is -2.26. The van der Waals surface area contributed by atoms with Gasteiger partial charge in [0.2, 0.25) is 5.43 Å². The number of hydrogen-bond acceptors (Lipinski definition) is 15. The molecule has 1 aliphatic rings. The molecule has 0 bridgehead atoms. The molecule has 15 heteroatoms. The first-order chi connectivity index (χ1) is 24.8. The van der Waals surface area contributed by atoms with Gasteiger partial charge in [-0.2, -0.15) is 0 Å². The first kappa shape index (κ1) is 35.9. The molecule has 0 aliphatic heterocycles. The van der Waals surface area contributed by atoms with Crippen LogP contribution in [0.2, 0.25) is 0 Å². The zero-order valence-electron chi connectivity index (χ0n) is 29.3. The molecule has 272 valence electrons. The van der Waals surface area contributed by atoms with Crippen LogP contribution < -0.4 is 35.7 Å². The summed E-state index contributed by atoms with van der Waals surface area (Å²) in [5.41, 5.74) is -0.650. The largest absolute Gasteiger partial charge is 0.505 e. The summed E-state index contributed by atoms with van der Waals surface area (Å²) >= 11 is 0. The number of phenols is 1. The summed E-state index contributed by atoms with van der Waals surface area (Å²) in [5, 5.41) is 39.3. The fraction of sp³-hybridized carbons (Fsp3) is 0.324. The Balaban J connectivity index is 2.04. The number of methoxy groups -OCH3 is 5. The van der Waals surface area contributed by atoms with Crippen molar-refractivity contribution in [3.63, 3.8) is 0 Å². The quantitative estimate of drug-likeness (QED) is 0.0543. The van der Waals surface area contributed by atoms with Crippen LogP contribution in [-0.4, -0.2) is 93.9 Å². The number of aliphatic hydroxyl groups excluding tert-OH is 2. The lowest BCUT2D eigenvalue weighted by molar-refractivity contribution is -0.143. The Kier molecular flexibility index (Phi) is 9.19. The van der Waals surface area contributed by atoms with Crippen LogP contribution in [0.25, 0.3) is 49.2 Å². The van der Waals surface area contributed by atoms with E-state index < -0.39 is 59.8 Å². The van der Waals surface area contributed by atoms with E-state index >= 15 is 0 Å². The van der Waals surface area contributed by atoms with Crippen LogP contribution in [0.1, 0.15) is 30.9 Å². The number of carbonyl (C=O) groups is 3. The van der Waals surface area contributed by atoms with Crippen LogP contribution >= 0.6 is 0 Å². The zero-order valence-corrected chi connectivity index (χ0v) is 29.3. The van der Waals surface area contributed by atoms with E-state index in [2.05, 4.69) is 10.6 Å². The number of benzene rings is 5. The van der Waals surface area contributed by atoms with Gasteiger partial charge in [-0.05, 0) is 19.2 Å². The number of aliphatic hydroxyl groups is 2. The molecule has 15 nitrogen and oxygen atoms in total. The summed E-state index contributed by atoms with van der Waals surface area (Å²) in [6, 6.07) is -0.115. The number of esters is 2. The minimum Gasteiger partial charge on any atom is -0.505 e. The number of anilines is 2. The SMILES string of the molecule is COC(=O)C(CO)Nc1c(O)c2c(=O)cc(OC)c3c4c(OC)cc(NC(CO)C(=O)OC)c5c(=O)c(OC)c6c(c(c1C=C(C)C6C(C)=O)c23)c54. The molecular weight excluding hydrogens is 680 g/mol. The summed E-state index contributed by atoms with van der Waals surface area (Å²) < 4.78 is 27.2. The number of Topliss-reactive ketones (excluding diaryl/α,β-unsaturated/α-hetero) is 1. The average Bonchev–Trinajstić information content (AvgIpc) is 3.26. The highest BCUT2D eigenvalue weighted by atomic mass is 16.5. The first-order valence-corrected chi connectivity index (χ1v) is 16.0. The van der Waals surface area contributed by atoms with E-state index in [1.807, 2.05) is 0 Å². The molecule has 5 aromatic carbocycles. The highest BCUT2D eigenvalue weighted by molar-refractivity contribution is 6.40. The number of carbonyl (C=O) groups excluding carboxylic acids is 3. The molecule has 0 spiro atoms. The summed E-state index contributed by atoms with van der Waals surface area (Å²) in [6.45, 7) is 1.53. The molecule has 6 rings (SSSR count). The summed E-state index contributed by atoms with van der Waals surface area (Å²) in [5.74, 6) is -3.74. The highest BCUT2D eigenvalue weighted by Crippen LogP contribution is 2.56. The molecule has 3 atom stereocenters. The number of fused-ring (bicyclic) bond motifs is 1. The lowest BCUT2D eigenvalue weighted by Crippen LogP contribution is -2.34. The number of allylic oxidation sites excluding steroid dienone is 1. The molecule has 0 saturated carbocycles. The number of aromatic hydroxyl groups is 1. The maximum absolute atomic E-state index is 14.8. The van der Waals surface area contributed by atoms with E-state index in [9.17, 15) is 39.3 Å². The van der Waals surface area contributed by atoms with E-state index in [0.29, 0.717) is 5.57 Å². The van der Waals surface area contributed by atoms with E-state index in [0.717, 1.165) is 20.3 Å². The van der Waals surface area contributed by atoms with Crippen LogP contribution in [0, 0.1) is 0 Å². The Morgan fingerprint density at radius 1 is 0.750 bits per heavy atom. The Hall–Kier alpha value is -5.93. The molecule has 0 fully saturated rings. The standard InChI is InChI=1S/C37H36N2O13/c1-13-8-15-23-28-25(33(44)32(15)39-18(12-41)37(47)52-7)19(43)10-21(49-4)27(28)26-20(48-3)9-16(38-17(11-40)36(46)51-6)24-30(26)29(23)31(22(13)14(2)42)35(50-5)34(24)45/h8-10,17-18,22,38-41,44H,11-12H2,1-7H3. The van der Waals surface area contributed by atoms with Gasteiger partial charge in [-0.3, -0.25) is 14.4 Å². The number of hydrogen-bond donors (Lipinski definition) is 5. The molecule has 0 radical (unpaired) electrons. The van der Waals surface area contributed by atoms with Crippen molar-refractivity contribution in [2.45, 2.75) is 31.8 Å². The Labute approximate surface area is 295 Å². The highest BCUT2D eigenvalue weighted by Gasteiger charge is 2.38. The Morgan fingerprint density at radius 3 is 1.83 bits per heavy atom. The van der Waals surface area contributed by atoms with Gasteiger partial charge in [-0.15, -0.1) is 0 Å². The second-order valence-electron chi connectivity index (χ2n) is 12.4. The molecular formula is C37H36N2O13. The van der Waals surface area contributed by atoms with Crippen molar-refractivity contribution in [3.8, 4) is 23.0 Å². The summed E-state index contributed by atoms with van der Waals surface area (Å²) in [6.07, 6.45) is 1.60. The third-order valence-electron chi connectivity index (χ3n) is 9.66. The van der Waals surface area contributed by atoms with Gasteiger partial charge in [-0.1, -0.05) is 11.6 Å². The Bertz CT molecular complexity index is 2480. The van der Waals surface area contributed by atoms with Crippen LogP contribution in [0.15, 0.2) is 27.3 Å². The molecule has 1 aliphatic carbocycles. The van der Waals surface area contributed by atoms with Crippen molar-refractivity contribution in [1.29, 1.82) is 0 Å². The second kappa shape index (κ2) is 13.3. The van der Waals surface area contributed by atoms with Crippen molar-refractivity contribution in [2.24, 2.45) is 0 Å². The third-order valence-corrected chi connectivity index (χ3v) is 9.66. The van der Waals surface area contributed by atoms with Crippen molar-refractivity contribution in [1.82, 2.24) is 0 Å². The number of ketones is 1. The van der Waals surface area contributed by atoms with Gasteiger partial charge in [0.15, 0.2) is 16.9 Å². The monoisotopic (exact) mass is 716 g/mol. The second-order valence-corrected chi connectivity index (χ2v) is 12.4. The van der Waals surface area contributed by atoms with Gasteiger partial charge in [0.05, 0.1) is 76.8 Å². The molecule has 3 unspecified atom stereocenters. The summed E-state index contributed by atoms with van der Waals surface area (Å²) in [4.78, 5) is 67.8. The van der Waals surface area contributed by atoms with Crippen molar-refractivity contribution < 1.29 is 53.4 Å². The molecule has 0 amide bonds. The van der Waals surface area contributed by atoms with Gasteiger partial charge in [0.1, 0.15) is 29.4 Å². The molecule has 5 N–H and O–H groups in total. The van der Waals surface area contributed by atoms with Crippen molar-refractivity contribution in [3.05, 3.63) is 49.3 Å². The van der Waals surface area contributed by atoms with Gasteiger partial charge in [0, 0.05) is 50.2 Å². The molecule has 0 aromatic heterocycles. The van der Waals surface area contributed by atoms with Gasteiger partial charge in [0.25, 0.3) is 0 Å². The van der Waals surface area contributed by atoms with Gasteiger partial charge < -0.3 is 49.6 Å². The topological polar surface area (TPSA) is 216 Å². The minimum atomic E-state index is -1.40. The predicted molar refractivity (Wildman–Crippen MR) is 193 cm³/mol. The minimum absolute atomic E-state index is 0.0287. The van der Waals surface area contributed by atoms with E-state index in [-0.39, 0.29) is 88.6 Å². The fourth-order valence-electron chi connectivity index (χ4n) is 7.55. The van der Waals surface area contributed by atoms with Crippen molar-refractivity contribution >= 4 is 78.3 Å². The number of phenolic OH excluding ortho intramolecular Hbond substituents is 1. The number of nitrogens with one attached hydrogen (secondary N) is 2. The lowest BCUT2D eigenvalue weighted by atomic mass is 9.80. The molecule has 0 saturated heterocycles. The third kappa shape index (κ3) is 4.98. The van der Waals surface area contributed by atoms with Gasteiger partial charge >= 0.3 is 11.9 Å². The predicted octanol–water partition coefficient (Wildman–Crippen LogP) is 2.61. The molecule has 5 aromatic rings. The van der Waals surface area contributed by atoms with E-state index in [1.54, 1.807) is 13.0 Å². The maximum atomic E-state index is 14.8. The number of ether oxygens (including phenoxy) is 5. The first-order valence-electron chi connectivity index (χ1n) is 16.0. The smallest absolute Gasteiger partial charge is 0.330 e. The fourth-order valence-corrected chi connectivity index (χ4v) is 7.55. The van der Waals surface area contributed by atoms with E-state index in [4.69, 9.17) is 23.7 Å². The number of rotatable bonds is 12.